The van der Waals surface area contributed by atoms with Crippen molar-refractivity contribution in [3.8, 4) is 6.07 Å². The molecule has 2 heterocycles. The number of hydrogen-bond donors (Lipinski definition) is 0. The van der Waals surface area contributed by atoms with Gasteiger partial charge in [-0.1, -0.05) is 0 Å². The van der Waals surface area contributed by atoms with Gasteiger partial charge in [0.2, 0.25) is 0 Å². The van der Waals surface area contributed by atoms with Gasteiger partial charge < -0.3 is 4.74 Å². The number of nitriles is 1. The van der Waals surface area contributed by atoms with E-state index >= 15 is 0 Å². The van der Waals surface area contributed by atoms with Gasteiger partial charge in [-0.2, -0.15) is 9.57 Å². The van der Waals surface area contributed by atoms with Crippen molar-refractivity contribution in [2.75, 3.05) is 26.8 Å². The first-order chi connectivity index (χ1) is 9.04. The van der Waals surface area contributed by atoms with E-state index in [1.54, 1.807) is 13.1 Å². The molecule has 0 aromatic carbocycles. The lowest BCUT2D eigenvalue weighted by Crippen LogP contribution is -2.33. The number of nitrogens with zero attached hydrogens (tertiary/aromatic N) is 2. The van der Waals surface area contributed by atoms with E-state index in [0.717, 1.165) is 24.2 Å². The molecule has 2 rings (SSSR count). The Balaban J connectivity index is 2.08. The van der Waals surface area contributed by atoms with Gasteiger partial charge in [-0.25, -0.2) is 8.42 Å². The van der Waals surface area contributed by atoms with Gasteiger partial charge in [-0.15, -0.1) is 11.3 Å². The third-order valence-electron chi connectivity index (χ3n) is 3.21. The van der Waals surface area contributed by atoms with Crippen molar-refractivity contribution in [1.82, 2.24) is 4.31 Å². The molecule has 19 heavy (non-hydrogen) atoms. The van der Waals surface area contributed by atoms with Crippen molar-refractivity contribution in [2.24, 2.45) is 5.92 Å². The molecule has 1 aromatic heterocycles. The summed E-state index contributed by atoms with van der Waals surface area (Å²) >= 11 is 1.01. The lowest BCUT2D eigenvalue weighted by Gasteiger charge is -2.26. The molecule has 1 aliphatic heterocycles. The summed E-state index contributed by atoms with van der Waals surface area (Å²) in [4.78, 5) is 0.415. The average Bonchev–Trinajstić information content (AvgIpc) is 2.89. The third kappa shape index (κ3) is 3.34. The molecular weight excluding hydrogens is 284 g/mol. The van der Waals surface area contributed by atoms with Gasteiger partial charge in [0.25, 0.3) is 10.0 Å². The highest BCUT2D eigenvalue weighted by Gasteiger charge is 2.26. The Kier molecular flexibility index (Phi) is 4.58. The fourth-order valence-electron chi connectivity index (χ4n) is 2.06. The van der Waals surface area contributed by atoms with Gasteiger partial charge in [0.1, 0.15) is 15.2 Å². The van der Waals surface area contributed by atoms with Crippen LogP contribution in [0.1, 0.15) is 17.7 Å². The van der Waals surface area contributed by atoms with E-state index in [9.17, 15) is 8.42 Å². The van der Waals surface area contributed by atoms with Crippen LogP contribution in [0.25, 0.3) is 0 Å². The molecule has 1 fully saturated rings. The molecule has 0 spiro atoms. The molecule has 104 valence electrons. The minimum Gasteiger partial charge on any atom is -0.381 e. The fraction of sp³-hybridized carbons (Fsp3) is 0.583. The van der Waals surface area contributed by atoms with Crippen LogP contribution in [0.2, 0.25) is 0 Å². The van der Waals surface area contributed by atoms with Crippen molar-refractivity contribution < 1.29 is 13.2 Å². The van der Waals surface area contributed by atoms with E-state index in [1.807, 2.05) is 6.07 Å². The smallest absolute Gasteiger partial charge is 0.252 e. The lowest BCUT2D eigenvalue weighted by atomic mass is 10.0. The first-order valence-electron chi connectivity index (χ1n) is 6.08. The number of sulfonamides is 1. The largest absolute Gasteiger partial charge is 0.381 e. The summed E-state index contributed by atoms with van der Waals surface area (Å²) in [6.45, 7) is 1.91. The van der Waals surface area contributed by atoms with E-state index in [2.05, 4.69) is 0 Å². The van der Waals surface area contributed by atoms with Crippen LogP contribution < -0.4 is 0 Å². The van der Waals surface area contributed by atoms with Crippen molar-refractivity contribution in [3.63, 3.8) is 0 Å². The predicted octanol–water partition coefficient (Wildman–Crippen LogP) is 1.67. The molecule has 0 radical (unpaired) electrons. The normalized spacial score (nSPS) is 17.5. The van der Waals surface area contributed by atoms with Crippen LogP contribution in [0.15, 0.2) is 16.3 Å². The van der Waals surface area contributed by atoms with Gasteiger partial charge in [0, 0.05) is 26.8 Å². The van der Waals surface area contributed by atoms with E-state index in [4.69, 9.17) is 10.00 Å². The fourth-order valence-corrected chi connectivity index (χ4v) is 4.62. The van der Waals surface area contributed by atoms with Crippen LogP contribution in [-0.4, -0.2) is 39.5 Å². The van der Waals surface area contributed by atoms with Gasteiger partial charge in [0.05, 0.1) is 0 Å². The van der Waals surface area contributed by atoms with E-state index in [-0.39, 0.29) is 4.21 Å². The zero-order chi connectivity index (χ0) is 13.9. The molecule has 1 saturated heterocycles. The number of hydrogen-bond acceptors (Lipinski definition) is 5. The minimum atomic E-state index is -3.47. The molecule has 0 N–H and O–H groups in total. The van der Waals surface area contributed by atoms with E-state index < -0.39 is 10.0 Å². The van der Waals surface area contributed by atoms with Crippen LogP contribution in [-0.2, 0) is 14.8 Å². The molecular formula is C12H16N2O3S2. The Morgan fingerprint density at radius 3 is 2.74 bits per heavy atom. The maximum absolute atomic E-state index is 12.3. The number of ether oxygens (including phenoxy) is 1. The van der Waals surface area contributed by atoms with Gasteiger partial charge in [0.15, 0.2) is 0 Å². The van der Waals surface area contributed by atoms with Gasteiger partial charge in [-0.3, -0.25) is 0 Å². The van der Waals surface area contributed by atoms with E-state index in [0.29, 0.717) is 30.6 Å². The maximum atomic E-state index is 12.3. The highest BCUT2D eigenvalue weighted by Crippen LogP contribution is 2.25. The highest BCUT2D eigenvalue weighted by molar-refractivity contribution is 7.91. The molecule has 0 atom stereocenters. The Hall–Kier alpha value is -0.940. The standard InChI is InChI=1S/C12H16N2O3S2/c1-14(9-10-4-6-17-7-5-10)19(15,16)12-3-2-11(8-13)18-12/h2-3,10H,4-7,9H2,1H3. The second-order valence-corrected chi connectivity index (χ2v) is 7.93. The summed E-state index contributed by atoms with van der Waals surface area (Å²) in [5.41, 5.74) is 0. The van der Waals surface area contributed by atoms with Crippen LogP contribution in [0, 0.1) is 17.2 Å². The quantitative estimate of drug-likeness (QED) is 0.848. The van der Waals surface area contributed by atoms with Crippen molar-refractivity contribution in [2.45, 2.75) is 17.1 Å². The molecule has 0 unspecified atom stereocenters. The summed E-state index contributed by atoms with van der Waals surface area (Å²) < 4.78 is 31.5. The summed E-state index contributed by atoms with van der Waals surface area (Å²) in [6, 6.07) is 5.00. The molecule has 0 amide bonds. The van der Waals surface area contributed by atoms with Gasteiger partial charge >= 0.3 is 0 Å². The minimum absolute atomic E-state index is 0.235. The van der Waals surface area contributed by atoms with Crippen molar-refractivity contribution >= 4 is 21.4 Å². The first-order valence-corrected chi connectivity index (χ1v) is 8.33. The van der Waals surface area contributed by atoms with Crippen LogP contribution in [0.3, 0.4) is 0 Å². The molecule has 0 bridgehead atoms. The second kappa shape index (κ2) is 6.01. The Morgan fingerprint density at radius 1 is 1.47 bits per heavy atom. The maximum Gasteiger partial charge on any atom is 0.252 e. The highest BCUT2D eigenvalue weighted by atomic mass is 32.2. The Morgan fingerprint density at radius 2 is 2.16 bits per heavy atom. The van der Waals surface area contributed by atoms with Crippen LogP contribution in [0.4, 0.5) is 0 Å². The van der Waals surface area contributed by atoms with Crippen molar-refractivity contribution in [3.05, 3.63) is 17.0 Å². The number of rotatable bonds is 4. The van der Waals surface area contributed by atoms with Crippen LogP contribution in [0.5, 0.6) is 0 Å². The Labute approximate surface area is 117 Å². The monoisotopic (exact) mass is 300 g/mol. The third-order valence-corrected chi connectivity index (χ3v) is 6.49. The topological polar surface area (TPSA) is 70.4 Å². The SMILES string of the molecule is CN(CC1CCOCC1)S(=O)(=O)c1ccc(C#N)s1. The molecule has 0 aliphatic carbocycles. The van der Waals surface area contributed by atoms with Crippen molar-refractivity contribution in [1.29, 1.82) is 5.26 Å². The van der Waals surface area contributed by atoms with Crippen LogP contribution >= 0.6 is 11.3 Å². The first kappa shape index (κ1) is 14.5. The molecule has 0 saturated carbocycles. The second-order valence-electron chi connectivity index (χ2n) is 4.57. The summed E-state index contributed by atoms with van der Waals surface area (Å²) in [6.07, 6.45) is 1.79. The molecule has 1 aliphatic rings. The summed E-state index contributed by atoms with van der Waals surface area (Å²) in [5.74, 6) is 0.351. The molecule has 1 aromatic rings. The zero-order valence-corrected chi connectivity index (χ0v) is 12.3. The number of thiophene rings is 1. The Bertz CT molecular complexity index is 568. The average molecular weight is 300 g/mol. The molecule has 5 nitrogen and oxygen atoms in total. The lowest BCUT2D eigenvalue weighted by molar-refractivity contribution is 0.0620. The summed E-state index contributed by atoms with van der Waals surface area (Å²) in [5, 5.41) is 8.75. The molecule has 7 heteroatoms. The van der Waals surface area contributed by atoms with Gasteiger partial charge in [-0.05, 0) is 30.9 Å². The zero-order valence-electron chi connectivity index (χ0n) is 10.7. The summed E-state index contributed by atoms with van der Waals surface area (Å²) in [7, 11) is -1.87. The van der Waals surface area contributed by atoms with E-state index in [1.165, 1.54) is 10.4 Å². The predicted molar refractivity (Wildman–Crippen MR) is 72.4 cm³/mol.